The van der Waals surface area contributed by atoms with Crippen molar-refractivity contribution in [3.8, 4) is 6.07 Å². The smallest absolute Gasteiger partial charge is 0.266 e. The Balaban J connectivity index is 1.62. The number of rotatable bonds is 4. The lowest BCUT2D eigenvalue weighted by Crippen LogP contribution is -2.49. The summed E-state index contributed by atoms with van der Waals surface area (Å²) in [5.41, 5.74) is 2.84. The Hall–Kier alpha value is -2.85. The van der Waals surface area contributed by atoms with Crippen LogP contribution in [0, 0.1) is 24.1 Å². The maximum Gasteiger partial charge on any atom is 0.266 e. The summed E-state index contributed by atoms with van der Waals surface area (Å²) < 4.78 is 14.0. The molecule has 0 radical (unpaired) electrons. The number of anilines is 2. The fraction of sp³-hybridized carbons (Fsp3) is 0.238. The number of amides is 1. The van der Waals surface area contributed by atoms with Crippen molar-refractivity contribution in [2.45, 2.75) is 6.92 Å². The molecule has 0 atom stereocenters. The molecule has 2 aromatic carbocycles. The number of benzene rings is 2. The van der Waals surface area contributed by atoms with E-state index in [1.165, 1.54) is 18.3 Å². The molecule has 1 aliphatic heterocycles. The third kappa shape index (κ3) is 4.70. The maximum atomic E-state index is 13.1. The minimum atomic E-state index is -0.288. The van der Waals surface area contributed by atoms with Crippen LogP contribution in [0.25, 0.3) is 0 Å². The van der Waals surface area contributed by atoms with Gasteiger partial charge in [-0.1, -0.05) is 15.9 Å². The SMILES string of the molecule is Cc1cc(Br)ccc1N/C=C(/C#N)C(=O)N1CCN(c2ccc(F)cc2)CC1. The molecule has 1 amide bonds. The van der Waals surface area contributed by atoms with Gasteiger partial charge >= 0.3 is 0 Å². The van der Waals surface area contributed by atoms with Crippen molar-refractivity contribution in [2.24, 2.45) is 0 Å². The van der Waals surface area contributed by atoms with Crippen LogP contribution in [0.4, 0.5) is 15.8 Å². The molecule has 144 valence electrons. The third-order valence-corrected chi connectivity index (χ3v) is 5.16. The molecule has 0 aromatic heterocycles. The molecule has 1 fully saturated rings. The van der Waals surface area contributed by atoms with Crippen molar-refractivity contribution in [3.63, 3.8) is 0 Å². The summed E-state index contributed by atoms with van der Waals surface area (Å²) >= 11 is 3.41. The second kappa shape index (κ2) is 8.89. The second-order valence-electron chi connectivity index (χ2n) is 6.53. The van der Waals surface area contributed by atoms with Gasteiger partial charge in [0.2, 0.25) is 0 Å². The molecule has 5 nitrogen and oxygen atoms in total. The van der Waals surface area contributed by atoms with Gasteiger partial charge in [0.05, 0.1) is 0 Å². The van der Waals surface area contributed by atoms with Gasteiger partial charge in [-0.25, -0.2) is 4.39 Å². The lowest BCUT2D eigenvalue weighted by atomic mass is 10.2. The number of halogens is 2. The molecule has 28 heavy (non-hydrogen) atoms. The number of nitriles is 1. The molecular weight excluding hydrogens is 423 g/mol. The van der Waals surface area contributed by atoms with E-state index < -0.39 is 0 Å². The molecule has 0 bridgehead atoms. The van der Waals surface area contributed by atoms with E-state index in [1.54, 1.807) is 17.0 Å². The molecule has 0 saturated carbocycles. The van der Waals surface area contributed by atoms with E-state index in [9.17, 15) is 14.4 Å². The first-order chi connectivity index (χ1) is 13.5. The zero-order valence-corrected chi connectivity index (χ0v) is 17.0. The Morgan fingerprint density at radius 2 is 1.86 bits per heavy atom. The van der Waals surface area contributed by atoms with Crippen LogP contribution < -0.4 is 10.2 Å². The number of piperazine rings is 1. The van der Waals surface area contributed by atoms with Gasteiger partial charge in [0.1, 0.15) is 17.5 Å². The first-order valence-electron chi connectivity index (χ1n) is 8.90. The molecule has 0 spiro atoms. The number of hydrogen-bond acceptors (Lipinski definition) is 4. The van der Waals surface area contributed by atoms with Gasteiger partial charge in [0, 0.05) is 48.2 Å². The zero-order valence-electron chi connectivity index (χ0n) is 15.5. The summed E-state index contributed by atoms with van der Waals surface area (Å²) in [5, 5.41) is 12.5. The van der Waals surface area contributed by atoms with Gasteiger partial charge < -0.3 is 15.1 Å². The highest BCUT2D eigenvalue weighted by atomic mass is 79.9. The monoisotopic (exact) mass is 442 g/mol. The summed E-state index contributed by atoms with van der Waals surface area (Å²) in [4.78, 5) is 16.5. The van der Waals surface area contributed by atoms with E-state index in [1.807, 2.05) is 31.2 Å². The molecule has 1 aliphatic rings. The Kier molecular flexibility index (Phi) is 6.32. The van der Waals surface area contributed by atoms with Crippen LogP contribution in [0.3, 0.4) is 0 Å². The highest BCUT2D eigenvalue weighted by Crippen LogP contribution is 2.21. The summed E-state index contributed by atoms with van der Waals surface area (Å²) in [6.07, 6.45) is 1.46. The van der Waals surface area contributed by atoms with Crippen LogP contribution >= 0.6 is 15.9 Å². The molecule has 0 aliphatic carbocycles. The fourth-order valence-corrected chi connectivity index (χ4v) is 3.55. The van der Waals surface area contributed by atoms with E-state index in [0.717, 1.165) is 21.4 Å². The summed E-state index contributed by atoms with van der Waals surface area (Å²) in [6, 6.07) is 14.1. The summed E-state index contributed by atoms with van der Waals surface area (Å²) in [6.45, 7) is 4.23. The highest BCUT2D eigenvalue weighted by Gasteiger charge is 2.24. The standard InChI is InChI=1S/C21H20BrFN4O/c1-15-12-17(22)2-7-20(15)25-14-16(13-24)21(28)27-10-8-26(9-11-27)19-5-3-18(23)4-6-19/h2-7,12,14,25H,8-11H2,1H3/b16-14-. The number of carbonyl (C=O) groups is 1. The van der Waals surface area contributed by atoms with Gasteiger partial charge in [-0.3, -0.25) is 4.79 Å². The number of hydrogen-bond donors (Lipinski definition) is 1. The molecule has 1 saturated heterocycles. The predicted octanol–water partition coefficient (Wildman–Crippen LogP) is 4.06. The average molecular weight is 443 g/mol. The van der Waals surface area contributed by atoms with Crippen LogP contribution in [0.15, 0.2) is 58.7 Å². The number of carbonyl (C=O) groups excluding carboxylic acids is 1. The lowest BCUT2D eigenvalue weighted by Gasteiger charge is -2.36. The molecule has 1 heterocycles. The Bertz CT molecular complexity index is 928. The highest BCUT2D eigenvalue weighted by molar-refractivity contribution is 9.10. The summed E-state index contributed by atoms with van der Waals surface area (Å²) in [7, 11) is 0. The number of aryl methyl sites for hydroxylation is 1. The molecular formula is C21H20BrFN4O. The normalized spacial score (nSPS) is 14.6. The lowest BCUT2D eigenvalue weighted by molar-refractivity contribution is -0.127. The molecule has 2 aromatic rings. The minimum absolute atomic E-state index is 0.0672. The third-order valence-electron chi connectivity index (χ3n) is 4.67. The first-order valence-corrected chi connectivity index (χ1v) is 9.70. The second-order valence-corrected chi connectivity index (χ2v) is 7.44. The fourth-order valence-electron chi connectivity index (χ4n) is 3.07. The van der Waals surface area contributed by atoms with Crippen molar-refractivity contribution in [1.29, 1.82) is 5.26 Å². The van der Waals surface area contributed by atoms with Crippen LogP contribution in [0.1, 0.15) is 5.56 Å². The predicted molar refractivity (Wildman–Crippen MR) is 111 cm³/mol. The Morgan fingerprint density at radius 3 is 2.46 bits per heavy atom. The van der Waals surface area contributed by atoms with Crippen LogP contribution in [0.2, 0.25) is 0 Å². The van der Waals surface area contributed by atoms with Crippen molar-refractivity contribution in [2.75, 3.05) is 36.4 Å². The topological polar surface area (TPSA) is 59.4 Å². The first kappa shape index (κ1) is 19.9. The largest absolute Gasteiger partial charge is 0.368 e. The van der Waals surface area contributed by atoms with Gasteiger partial charge in [0.25, 0.3) is 5.91 Å². The van der Waals surface area contributed by atoms with Gasteiger partial charge in [-0.15, -0.1) is 0 Å². The minimum Gasteiger partial charge on any atom is -0.368 e. The quantitative estimate of drug-likeness (QED) is 0.572. The van der Waals surface area contributed by atoms with Crippen molar-refractivity contribution >= 4 is 33.2 Å². The molecule has 3 rings (SSSR count). The Morgan fingerprint density at radius 1 is 1.18 bits per heavy atom. The van der Waals surface area contributed by atoms with E-state index in [2.05, 4.69) is 26.1 Å². The maximum absolute atomic E-state index is 13.1. The average Bonchev–Trinajstić information content (AvgIpc) is 2.70. The summed E-state index contributed by atoms with van der Waals surface area (Å²) in [5.74, 6) is -0.557. The van der Waals surface area contributed by atoms with E-state index in [4.69, 9.17) is 0 Å². The molecule has 1 N–H and O–H groups in total. The van der Waals surface area contributed by atoms with Crippen LogP contribution in [0.5, 0.6) is 0 Å². The van der Waals surface area contributed by atoms with Crippen molar-refractivity contribution in [3.05, 3.63) is 70.1 Å². The zero-order chi connectivity index (χ0) is 20.1. The molecule has 7 heteroatoms. The van der Waals surface area contributed by atoms with Gasteiger partial charge in [0.15, 0.2) is 0 Å². The number of nitrogens with one attached hydrogen (secondary N) is 1. The van der Waals surface area contributed by atoms with Crippen LogP contribution in [-0.2, 0) is 4.79 Å². The van der Waals surface area contributed by atoms with Crippen LogP contribution in [-0.4, -0.2) is 37.0 Å². The number of nitrogens with zero attached hydrogens (tertiary/aromatic N) is 3. The van der Waals surface area contributed by atoms with Crippen molar-refractivity contribution < 1.29 is 9.18 Å². The van der Waals surface area contributed by atoms with E-state index >= 15 is 0 Å². The van der Waals surface area contributed by atoms with Gasteiger partial charge in [-0.2, -0.15) is 5.26 Å². The molecule has 0 unspecified atom stereocenters. The van der Waals surface area contributed by atoms with Crippen molar-refractivity contribution in [1.82, 2.24) is 4.90 Å². The van der Waals surface area contributed by atoms with E-state index in [-0.39, 0.29) is 17.3 Å². The van der Waals surface area contributed by atoms with E-state index in [0.29, 0.717) is 26.2 Å². The van der Waals surface area contributed by atoms with Gasteiger partial charge in [-0.05, 0) is 55.0 Å². The Labute approximate surface area is 172 Å².